The van der Waals surface area contributed by atoms with E-state index in [0.717, 1.165) is 30.7 Å². The van der Waals surface area contributed by atoms with E-state index in [2.05, 4.69) is 17.1 Å². The Bertz CT molecular complexity index is 423. The third kappa shape index (κ3) is 2.77. The zero-order valence-electron chi connectivity index (χ0n) is 11.7. The number of hydrogen-bond donors (Lipinski definition) is 2. The number of hydrogen-bond acceptors (Lipinski definition) is 3. The molecule has 2 unspecified atom stereocenters. The van der Waals surface area contributed by atoms with Gasteiger partial charge in [0.05, 0.1) is 0 Å². The van der Waals surface area contributed by atoms with Crippen LogP contribution >= 0.6 is 0 Å². The van der Waals surface area contributed by atoms with Gasteiger partial charge in [-0.2, -0.15) is 0 Å². The summed E-state index contributed by atoms with van der Waals surface area (Å²) in [7, 11) is 0. The van der Waals surface area contributed by atoms with E-state index in [1.54, 1.807) is 6.07 Å². The Morgan fingerprint density at radius 2 is 1.89 bits per heavy atom. The molecule has 0 saturated carbocycles. The van der Waals surface area contributed by atoms with E-state index in [1.807, 2.05) is 18.2 Å². The molecule has 3 heteroatoms. The maximum atomic E-state index is 9.93. The fraction of sp³-hybridized carbons (Fsp3) is 0.625. The van der Waals surface area contributed by atoms with Gasteiger partial charge in [0.25, 0.3) is 0 Å². The Hall–Kier alpha value is -1.06. The zero-order chi connectivity index (χ0) is 13.2. The van der Waals surface area contributed by atoms with Crippen LogP contribution in [0.15, 0.2) is 24.3 Å². The van der Waals surface area contributed by atoms with Crippen LogP contribution in [0.25, 0.3) is 0 Å². The second kappa shape index (κ2) is 5.51. The molecule has 3 rings (SSSR count). The summed E-state index contributed by atoms with van der Waals surface area (Å²) in [5, 5.41) is 13.6. The quantitative estimate of drug-likeness (QED) is 0.873. The average molecular weight is 260 g/mol. The summed E-state index contributed by atoms with van der Waals surface area (Å²) in [5.41, 5.74) is 1.05. The van der Waals surface area contributed by atoms with Crippen LogP contribution < -0.4 is 5.32 Å². The molecule has 0 aliphatic carbocycles. The molecule has 3 nitrogen and oxygen atoms in total. The van der Waals surface area contributed by atoms with Crippen LogP contribution in [-0.2, 0) is 6.54 Å². The van der Waals surface area contributed by atoms with Gasteiger partial charge in [-0.1, -0.05) is 25.1 Å². The van der Waals surface area contributed by atoms with Crippen LogP contribution in [-0.4, -0.2) is 34.7 Å². The van der Waals surface area contributed by atoms with E-state index in [4.69, 9.17) is 0 Å². The Labute approximate surface area is 115 Å². The van der Waals surface area contributed by atoms with E-state index >= 15 is 0 Å². The van der Waals surface area contributed by atoms with Crippen molar-refractivity contribution in [3.63, 3.8) is 0 Å². The number of phenolic OH excluding ortho intramolecular Hbond substituents is 1. The number of rotatable bonds is 4. The van der Waals surface area contributed by atoms with Crippen molar-refractivity contribution >= 4 is 0 Å². The van der Waals surface area contributed by atoms with Crippen LogP contribution in [0.3, 0.4) is 0 Å². The maximum Gasteiger partial charge on any atom is 0.120 e. The van der Waals surface area contributed by atoms with Gasteiger partial charge in [0, 0.05) is 30.2 Å². The van der Waals surface area contributed by atoms with Crippen molar-refractivity contribution in [3.8, 4) is 5.75 Å². The fourth-order valence-corrected chi connectivity index (χ4v) is 3.69. The van der Waals surface area contributed by atoms with E-state index < -0.39 is 0 Å². The first-order valence-electron chi connectivity index (χ1n) is 7.53. The molecule has 2 fully saturated rings. The summed E-state index contributed by atoms with van der Waals surface area (Å²) in [5.74, 6) is 0.429. The highest BCUT2D eigenvalue weighted by Crippen LogP contribution is 2.31. The number of nitrogens with one attached hydrogen (secondary N) is 1. The highest BCUT2D eigenvalue weighted by atomic mass is 16.3. The summed E-state index contributed by atoms with van der Waals surface area (Å²) in [6.07, 6.45) is 5.21. The molecule has 2 aliphatic heterocycles. The molecule has 1 aromatic carbocycles. The van der Waals surface area contributed by atoms with Crippen molar-refractivity contribution in [2.75, 3.05) is 6.54 Å². The number of aromatic hydroxyl groups is 1. The highest BCUT2D eigenvalue weighted by molar-refractivity contribution is 5.31. The molecule has 104 valence electrons. The van der Waals surface area contributed by atoms with Crippen LogP contribution in [0.2, 0.25) is 0 Å². The van der Waals surface area contributed by atoms with E-state index in [1.165, 1.54) is 25.7 Å². The topological polar surface area (TPSA) is 35.5 Å². The molecular weight excluding hydrogens is 236 g/mol. The van der Waals surface area contributed by atoms with Crippen LogP contribution in [0, 0.1) is 0 Å². The highest BCUT2D eigenvalue weighted by Gasteiger charge is 2.35. The summed E-state index contributed by atoms with van der Waals surface area (Å²) >= 11 is 0. The number of fused-ring (bicyclic) bond motifs is 2. The van der Waals surface area contributed by atoms with Crippen LogP contribution in [0.5, 0.6) is 5.75 Å². The standard InChI is InChI=1S/C16H24N2O/c1-2-18(11-12-5-3-4-6-16(12)19)15-9-13-7-8-14(10-15)17-13/h3-6,13-15,17,19H,2,7-11H2,1H3. The van der Waals surface area contributed by atoms with Crippen molar-refractivity contribution in [3.05, 3.63) is 29.8 Å². The van der Waals surface area contributed by atoms with E-state index in [9.17, 15) is 5.11 Å². The van der Waals surface area contributed by atoms with Gasteiger partial charge in [-0.05, 0) is 38.3 Å². The smallest absolute Gasteiger partial charge is 0.120 e. The van der Waals surface area contributed by atoms with Crippen molar-refractivity contribution in [1.29, 1.82) is 0 Å². The number of para-hydroxylation sites is 1. The first-order valence-corrected chi connectivity index (χ1v) is 7.53. The maximum absolute atomic E-state index is 9.93. The molecule has 2 N–H and O–H groups in total. The lowest BCUT2D eigenvalue weighted by Crippen LogP contribution is -2.47. The minimum atomic E-state index is 0.429. The molecule has 0 amide bonds. The Kier molecular flexibility index (Phi) is 3.76. The number of benzene rings is 1. The monoisotopic (exact) mass is 260 g/mol. The number of phenols is 1. The summed E-state index contributed by atoms with van der Waals surface area (Å²) in [6.45, 7) is 4.15. The Morgan fingerprint density at radius 1 is 1.21 bits per heavy atom. The SMILES string of the molecule is CCN(Cc1ccccc1O)C1CC2CCC(C1)N2. The molecule has 2 aliphatic rings. The molecule has 2 saturated heterocycles. The molecule has 2 atom stereocenters. The largest absolute Gasteiger partial charge is 0.508 e. The van der Waals surface area contributed by atoms with Gasteiger partial charge in [-0.15, -0.1) is 0 Å². The second-order valence-corrected chi connectivity index (χ2v) is 5.95. The van der Waals surface area contributed by atoms with E-state index in [0.29, 0.717) is 11.8 Å². The summed E-state index contributed by atoms with van der Waals surface area (Å²) in [4.78, 5) is 2.53. The normalized spacial score (nSPS) is 29.9. The minimum absolute atomic E-state index is 0.429. The lowest BCUT2D eigenvalue weighted by molar-refractivity contribution is 0.139. The minimum Gasteiger partial charge on any atom is -0.508 e. The Morgan fingerprint density at radius 3 is 2.53 bits per heavy atom. The molecule has 0 radical (unpaired) electrons. The fourth-order valence-electron chi connectivity index (χ4n) is 3.69. The molecule has 0 aromatic heterocycles. The number of nitrogens with zero attached hydrogens (tertiary/aromatic N) is 1. The molecule has 2 heterocycles. The Balaban J connectivity index is 1.69. The van der Waals surface area contributed by atoms with Crippen molar-refractivity contribution in [2.24, 2.45) is 0 Å². The van der Waals surface area contributed by atoms with Gasteiger partial charge in [0.2, 0.25) is 0 Å². The molecule has 2 bridgehead atoms. The van der Waals surface area contributed by atoms with Gasteiger partial charge in [-0.25, -0.2) is 0 Å². The van der Waals surface area contributed by atoms with Gasteiger partial charge >= 0.3 is 0 Å². The van der Waals surface area contributed by atoms with Crippen LogP contribution in [0.4, 0.5) is 0 Å². The first-order chi connectivity index (χ1) is 9.26. The third-order valence-electron chi connectivity index (χ3n) is 4.74. The average Bonchev–Trinajstić information content (AvgIpc) is 2.76. The van der Waals surface area contributed by atoms with E-state index in [-0.39, 0.29) is 0 Å². The number of piperidine rings is 1. The van der Waals surface area contributed by atoms with Gasteiger partial charge in [-0.3, -0.25) is 4.90 Å². The first kappa shape index (κ1) is 12.9. The molecule has 1 aromatic rings. The van der Waals surface area contributed by atoms with Gasteiger partial charge < -0.3 is 10.4 Å². The molecule has 19 heavy (non-hydrogen) atoms. The second-order valence-electron chi connectivity index (χ2n) is 5.95. The van der Waals surface area contributed by atoms with Crippen molar-refractivity contribution in [1.82, 2.24) is 10.2 Å². The third-order valence-corrected chi connectivity index (χ3v) is 4.74. The lowest BCUT2D eigenvalue weighted by Gasteiger charge is -2.37. The summed E-state index contributed by atoms with van der Waals surface area (Å²) in [6, 6.07) is 9.84. The van der Waals surface area contributed by atoms with Gasteiger partial charge in [0.1, 0.15) is 5.75 Å². The van der Waals surface area contributed by atoms with Crippen LogP contribution in [0.1, 0.15) is 38.2 Å². The molecule has 0 spiro atoms. The molecular formula is C16H24N2O. The van der Waals surface area contributed by atoms with Gasteiger partial charge in [0.15, 0.2) is 0 Å². The lowest BCUT2D eigenvalue weighted by atomic mass is 9.97. The predicted molar refractivity (Wildman–Crippen MR) is 77.2 cm³/mol. The summed E-state index contributed by atoms with van der Waals surface area (Å²) < 4.78 is 0. The van der Waals surface area contributed by atoms with Crippen molar-refractivity contribution in [2.45, 2.75) is 57.3 Å². The zero-order valence-corrected chi connectivity index (χ0v) is 11.7. The predicted octanol–water partition coefficient (Wildman–Crippen LogP) is 2.50. The van der Waals surface area contributed by atoms with Crippen molar-refractivity contribution < 1.29 is 5.11 Å².